The van der Waals surface area contributed by atoms with Crippen LogP contribution in [0.25, 0.3) is 0 Å². The second-order valence-electron chi connectivity index (χ2n) is 4.51. The second-order valence-corrected chi connectivity index (χ2v) is 6.96. The number of nitrogens with two attached hydrogens (primary N) is 1. The summed E-state index contributed by atoms with van der Waals surface area (Å²) in [6.07, 6.45) is 0. The Morgan fingerprint density at radius 1 is 1.24 bits per heavy atom. The standard InChI is InChI=1S/C14H13BrFNO3S/c1-9-6-11(15)7-13(21(17,18)19)14(9)20-8-10-2-4-12(16)5-3-10/h2-7H,8H2,1H3,(H2,17,18,19). The summed E-state index contributed by atoms with van der Waals surface area (Å²) in [5.41, 5.74) is 1.36. The second kappa shape index (κ2) is 6.13. The van der Waals surface area contributed by atoms with E-state index >= 15 is 0 Å². The number of hydrogen-bond acceptors (Lipinski definition) is 3. The van der Waals surface area contributed by atoms with Gasteiger partial charge >= 0.3 is 0 Å². The Morgan fingerprint density at radius 2 is 1.86 bits per heavy atom. The maximum atomic E-state index is 12.8. The van der Waals surface area contributed by atoms with Crippen LogP contribution in [-0.2, 0) is 16.6 Å². The van der Waals surface area contributed by atoms with Crippen molar-refractivity contribution >= 4 is 26.0 Å². The van der Waals surface area contributed by atoms with Gasteiger partial charge in [0.25, 0.3) is 0 Å². The molecule has 0 aliphatic heterocycles. The molecule has 0 unspecified atom stereocenters. The molecular weight excluding hydrogens is 361 g/mol. The third kappa shape index (κ3) is 4.03. The monoisotopic (exact) mass is 373 g/mol. The van der Waals surface area contributed by atoms with Crippen LogP contribution in [0, 0.1) is 12.7 Å². The predicted octanol–water partition coefficient (Wildman–Crippen LogP) is 3.12. The summed E-state index contributed by atoms with van der Waals surface area (Å²) in [4.78, 5) is -0.0866. The van der Waals surface area contributed by atoms with Gasteiger partial charge in [-0.15, -0.1) is 0 Å². The van der Waals surface area contributed by atoms with E-state index < -0.39 is 10.0 Å². The lowest BCUT2D eigenvalue weighted by Crippen LogP contribution is -2.14. The molecule has 0 amide bonds. The van der Waals surface area contributed by atoms with Crippen LogP contribution in [0.3, 0.4) is 0 Å². The van der Waals surface area contributed by atoms with Crippen molar-refractivity contribution in [1.82, 2.24) is 0 Å². The lowest BCUT2D eigenvalue weighted by Gasteiger charge is -2.13. The van der Waals surface area contributed by atoms with E-state index in [9.17, 15) is 12.8 Å². The molecule has 0 heterocycles. The van der Waals surface area contributed by atoms with Crippen molar-refractivity contribution in [2.24, 2.45) is 5.14 Å². The van der Waals surface area contributed by atoms with Gasteiger partial charge in [0.2, 0.25) is 10.0 Å². The first kappa shape index (κ1) is 15.9. The minimum absolute atomic E-state index is 0.0866. The number of hydrogen-bond donors (Lipinski definition) is 1. The van der Waals surface area contributed by atoms with Gasteiger partial charge in [0.1, 0.15) is 23.1 Å². The van der Waals surface area contributed by atoms with Gasteiger partial charge in [0, 0.05) is 4.47 Å². The highest BCUT2D eigenvalue weighted by atomic mass is 79.9. The number of halogens is 2. The summed E-state index contributed by atoms with van der Waals surface area (Å²) in [6, 6.07) is 8.89. The van der Waals surface area contributed by atoms with Crippen molar-refractivity contribution in [2.75, 3.05) is 0 Å². The average Bonchev–Trinajstić information content (AvgIpc) is 2.38. The van der Waals surface area contributed by atoms with Crippen LogP contribution >= 0.6 is 15.9 Å². The molecule has 0 aliphatic rings. The van der Waals surface area contributed by atoms with Crippen LogP contribution in [-0.4, -0.2) is 8.42 Å². The maximum Gasteiger partial charge on any atom is 0.241 e. The first-order valence-electron chi connectivity index (χ1n) is 5.97. The number of benzene rings is 2. The Kier molecular flexibility index (Phi) is 4.65. The van der Waals surface area contributed by atoms with Crippen LogP contribution in [0.4, 0.5) is 4.39 Å². The Balaban J connectivity index is 2.33. The van der Waals surface area contributed by atoms with Gasteiger partial charge < -0.3 is 4.74 Å². The maximum absolute atomic E-state index is 12.8. The molecule has 112 valence electrons. The van der Waals surface area contributed by atoms with Gasteiger partial charge in [-0.05, 0) is 42.3 Å². The third-order valence-electron chi connectivity index (χ3n) is 2.81. The molecule has 4 nitrogen and oxygen atoms in total. The molecule has 0 radical (unpaired) electrons. The molecule has 0 spiro atoms. The van der Waals surface area contributed by atoms with E-state index in [1.165, 1.54) is 18.2 Å². The molecule has 0 aromatic heterocycles. The van der Waals surface area contributed by atoms with E-state index in [1.807, 2.05) is 0 Å². The Bertz CT molecular complexity index is 761. The zero-order valence-corrected chi connectivity index (χ0v) is 13.5. The summed E-state index contributed by atoms with van der Waals surface area (Å²) in [5, 5.41) is 5.21. The van der Waals surface area contributed by atoms with Gasteiger partial charge in [-0.25, -0.2) is 17.9 Å². The molecule has 0 fully saturated rings. The lowest BCUT2D eigenvalue weighted by molar-refractivity contribution is 0.295. The summed E-state index contributed by atoms with van der Waals surface area (Å²) in [7, 11) is -3.90. The molecule has 0 saturated carbocycles. The number of rotatable bonds is 4. The van der Waals surface area contributed by atoms with Crippen molar-refractivity contribution in [3.63, 3.8) is 0 Å². The van der Waals surface area contributed by atoms with Gasteiger partial charge in [-0.3, -0.25) is 0 Å². The molecule has 0 atom stereocenters. The smallest absolute Gasteiger partial charge is 0.241 e. The highest BCUT2D eigenvalue weighted by Crippen LogP contribution is 2.31. The number of primary sulfonamides is 1. The highest BCUT2D eigenvalue weighted by molar-refractivity contribution is 9.10. The van der Waals surface area contributed by atoms with Gasteiger partial charge in [0.15, 0.2) is 0 Å². The average molecular weight is 374 g/mol. The van der Waals surface area contributed by atoms with E-state index in [4.69, 9.17) is 9.88 Å². The van der Waals surface area contributed by atoms with Crippen LogP contribution in [0.5, 0.6) is 5.75 Å². The molecule has 7 heteroatoms. The van der Waals surface area contributed by atoms with Crippen molar-refractivity contribution in [2.45, 2.75) is 18.4 Å². The summed E-state index contributed by atoms with van der Waals surface area (Å²) >= 11 is 3.23. The number of aryl methyl sites for hydroxylation is 1. The zero-order valence-electron chi connectivity index (χ0n) is 11.1. The minimum Gasteiger partial charge on any atom is -0.487 e. The van der Waals surface area contributed by atoms with Crippen molar-refractivity contribution in [3.8, 4) is 5.75 Å². The molecule has 0 saturated heterocycles. The predicted molar refractivity (Wildman–Crippen MR) is 81.0 cm³/mol. The molecule has 2 rings (SSSR count). The molecular formula is C14H13BrFNO3S. The van der Waals surface area contributed by atoms with Gasteiger partial charge in [0.05, 0.1) is 0 Å². The van der Waals surface area contributed by atoms with Crippen LogP contribution in [0.2, 0.25) is 0 Å². The number of ether oxygens (including phenoxy) is 1. The first-order chi connectivity index (χ1) is 9.77. The lowest BCUT2D eigenvalue weighted by atomic mass is 10.2. The summed E-state index contributed by atoms with van der Waals surface area (Å²) in [6.45, 7) is 1.84. The van der Waals surface area contributed by atoms with E-state index in [0.717, 1.165) is 5.56 Å². The van der Waals surface area contributed by atoms with E-state index in [2.05, 4.69) is 15.9 Å². The zero-order chi connectivity index (χ0) is 15.6. The van der Waals surface area contributed by atoms with E-state index in [0.29, 0.717) is 10.0 Å². The van der Waals surface area contributed by atoms with Crippen LogP contribution in [0.15, 0.2) is 45.8 Å². The minimum atomic E-state index is -3.90. The summed E-state index contributed by atoms with van der Waals surface area (Å²) in [5.74, 6) is -0.145. The fourth-order valence-electron chi connectivity index (χ4n) is 1.83. The Morgan fingerprint density at radius 3 is 2.43 bits per heavy atom. The molecule has 2 aromatic rings. The Hall–Kier alpha value is -1.44. The van der Waals surface area contributed by atoms with Crippen LogP contribution < -0.4 is 9.88 Å². The molecule has 0 aliphatic carbocycles. The fraction of sp³-hybridized carbons (Fsp3) is 0.143. The van der Waals surface area contributed by atoms with Gasteiger partial charge in [-0.2, -0.15) is 0 Å². The van der Waals surface area contributed by atoms with Crippen molar-refractivity contribution < 1.29 is 17.5 Å². The molecule has 0 bridgehead atoms. The molecule has 21 heavy (non-hydrogen) atoms. The van der Waals surface area contributed by atoms with E-state index in [1.54, 1.807) is 25.1 Å². The molecule has 2 N–H and O–H groups in total. The quantitative estimate of drug-likeness (QED) is 0.894. The highest BCUT2D eigenvalue weighted by Gasteiger charge is 2.18. The molecule has 2 aromatic carbocycles. The van der Waals surface area contributed by atoms with Crippen molar-refractivity contribution in [3.05, 3.63) is 57.8 Å². The first-order valence-corrected chi connectivity index (χ1v) is 8.31. The summed E-state index contributed by atoms with van der Waals surface area (Å²) < 4.78 is 42.3. The third-order valence-corrected chi connectivity index (χ3v) is 4.18. The Labute approximate surface area is 130 Å². The number of sulfonamides is 1. The van der Waals surface area contributed by atoms with Crippen LogP contribution in [0.1, 0.15) is 11.1 Å². The largest absolute Gasteiger partial charge is 0.487 e. The fourth-order valence-corrected chi connectivity index (χ4v) is 3.32. The van der Waals surface area contributed by atoms with E-state index in [-0.39, 0.29) is 23.1 Å². The SMILES string of the molecule is Cc1cc(Br)cc(S(N)(=O)=O)c1OCc1ccc(F)cc1. The van der Waals surface area contributed by atoms with Gasteiger partial charge in [-0.1, -0.05) is 28.1 Å². The normalized spacial score (nSPS) is 11.4. The topological polar surface area (TPSA) is 69.4 Å². The van der Waals surface area contributed by atoms with Crippen molar-refractivity contribution in [1.29, 1.82) is 0 Å².